The minimum Gasteiger partial charge on any atom is -0.256 e. The van der Waals surface area contributed by atoms with E-state index in [0.29, 0.717) is 5.82 Å². The first-order valence-electron chi connectivity index (χ1n) is 23.6. The third kappa shape index (κ3) is 7.52. The molecule has 5 nitrogen and oxygen atoms in total. The van der Waals surface area contributed by atoms with Crippen LogP contribution < -0.4 is 0 Å². The molecule has 0 spiro atoms. The lowest BCUT2D eigenvalue weighted by Gasteiger charge is -2.15. The Morgan fingerprint density at radius 3 is 1.61 bits per heavy atom. The van der Waals surface area contributed by atoms with Gasteiger partial charge in [-0.1, -0.05) is 200 Å². The van der Waals surface area contributed by atoms with Crippen LogP contribution in [0.5, 0.6) is 0 Å². The van der Waals surface area contributed by atoms with Gasteiger partial charge in [0.25, 0.3) is 0 Å². The zero-order valence-corrected chi connectivity index (χ0v) is 37.9. The minimum atomic E-state index is 0.674. The van der Waals surface area contributed by atoms with Gasteiger partial charge in [-0.2, -0.15) is 0 Å². The van der Waals surface area contributed by atoms with Gasteiger partial charge in [0, 0.05) is 50.2 Å². The van der Waals surface area contributed by atoms with Crippen molar-refractivity contribution < 1.29 is 0 Å². The Hall–Kier alpha value is -9.45. The molecule has 0 N–H and O–H groups in total. The van der Waals surface area contributed by atoms with Gasteiger partial charge in [-0.3, -0.25) is 4.98 Å². The molecule has 9 aromatic carbocycles. The Kier molecular flexibility index (Phi) is 10.1. The maximum atomic E-state index is 5.45. The van der Waals surface area contributed by atoms with Crippen LogP contribution in [0.3, 0.4) is 0 Å². The number of rotatable bonds is 8. The molecule has 0 amide bonds. The van der Waals surface area contributed by atoms with Crippen LogP contribution in [-0.4, -0.2) is 24.9 Å². The lowest BCUT2D eigenvalue weighted by atomic mass is 9.93. The number of para-hydroxylation sites is 1. The van der Waals surface area contributed by atoms with Crippen molar-refractivity contribution >= 4 is 43.5 Å². The van der Waals surface area contributed by atoms with E-state index >= 15 is 0 Å². The highest BCUT2D eigenvalue weighted by Crippen LogP contribution is 2.40. The van der Waals surface area contributed by atoms with Gasteiger partial charge in [0.05, 0.1) is 39.3 Å². The van der Waals surface area contributed by atoms with Crippen molar-refractivity contribution in [2.75, 3.05) is 0 Å². The van der Waals surface area contributed by atoms with Crippen molar-refractivity contribution in [1.29, 1.82) is 0 Å². The Labute approximate surface area is 405 Å². The first kappa shape index (κ1) is 40.8. The van der Waals surface area contributed by atoms with E-state index in [0.717, 1.165) is 117 Å². The fourth-order valence-corrected chi connectivity index (χ4v) is 9.82. The molecule has 70 heavy (non-hydrogen) atoms. The minimum absolute atomic E-state index is 0.674. The summed E-state index contributed by atoms with van der Waals surface area (Å²) in [6.45, 7) is 0. The smallest absolute Gasteiger partial charge is 0.160 e. The molecule has 13 rings (SSSR count). The average Bonchev–Trinajstić information content (AvgIpc) is 3.45. The van der Waals surface area contributed by atoms with Crippen molar-refractivity contribution in [1.82, 2.24) is 24.9 Å². The molecule has 0 bridgehead atoms. The highest BCUT2D eigenvalue weighted by atomic mass is 14.9. The van der Waals surface area contributed by atoms with Crippen LogP contribution in [0.2, 0.25) is 0 Å². The lowest BCUT2D eigenvalue weighted by Crippen LogP contribution is -1.96. The molecular weight excluding hydrogens is 851 g/mol. The summed E-state index contributed by atoms with van der Waals surface area (Å²) < 4.78 is 0. The van der Waals surface area contributed by atoms with Crippen LogP contribution in [0.25, 0.3) is 133 Å². The van der Waals surface area contributed by atoms with Crippen LogP contribution >= 0.6 is 0 Å². The predicted molar refractivity (Wildman–Crippen MR) is 289 cm³/mol. The Morgan fingerprint density at radius 1 is 0.243 bits per heavy atom. The summed E-state index contributed by atoms with van der Waals surface area (Å²) in [7, 11) is 0. The van der Waals surface area contributed by atoms with Crippen molar-refractivity contribution in [3.05, 3.63) is 249 Å². The highest BCUT2D eigenvalue weighted by molar-refractivity contribution is 6.12. The second kappa shape index (κ2) is 17.3. The third-order valence-corrected chi connectivity index (χ3v) is 13.3. The molecule has 0 aliphatic rings. The molecule has 0 unspecified atom stereocenters. The van der Waals surface area contributed by atoms with Gasteiger partial charge in [0.2, 0.25) is 0 Å². The van der Waals surface area contributed by atoms with E-state index in [4.69, 9.17) is 19.9 Å². The molecule has 326 valence electrons. The van der Waals surface area contributed by atoms with Gasteiger partial charge in [0.1, 0.15) is 0 Å². The number of hydrogen-bond acceptors (Lipinski definition) is 5. The van der Waals surface area contributed by atoms with E-state index in [1.54, 1.807) is 0 Å². The van der Waals surface area contributed by atoms with Gasteiger partial charge in [-0.25, -0.2) is 19.9 Å². The fraction of sp³-hybridized carbons (Fsp3) is 0. The molecule has 4 aromatic heterocycles. The Balaban J connectivity index is 0.901. The van der Waals surface area contributed by atoms with Crippen molar-refractivity contribution in [3.8, 4) is 89.8 Å². The molecule has 0 saturated carbocycles. The molecular formula is C65H41N5. The highest BCUT2D eigenvalue weighted by Gasteiger charge is 2.17. The molecule has 0 atom stereocenters. The number of fused-ring (bicyclic) bond motifs is 5. The Bertz CT molecular complexity index is 4100. The molecule has 0 aliphatic carbocycles. The van der Waals surface area contributed by atoms with E-state index in [9.17, 15) is 0 Å². The monoisotopic (exact) mass is 891 g/mol. The fourth-order valence-electron chi connectivity index (χ4n) is 9.82. The zero-order chi connectivity index (χ0) is 46.4. The quantitative estimate of drug-likeness (QED) is 0.142. The largest absolute Gasteiger partial charge is 0.256 e. The molecule has 5 heteroatoms. The first-order valence-corrected chi connectivity index (χ1v) is 23.6. The summed E-state index contributed by atoms with van der Waals surface area (Å²) in [6, 6.07) is 85.1. The maximum Gasteiger partial charge on any atom is 0.160 e. The van der Waals surface area contributed by atoms with Gasteiger partial charge in [-0.05, 0) is 86.6 Å². The molecule has 13 aromatic rings. The van der Waals surface area contributed by atoms with E-state index < -0.39 is 0 Å². The molecule has 0 fully saturated rings. The van der Waals surface area contributed by atoms with E-state index in [1.165, 1.54) is 10.8 Å². The predicted octanol–water partition coefficient (Wildman–Crippen LogP) is 16.6. The molecule has 4 heterocycles. The number of pyridine rings is 3. The van der Waals surface area contributed by atoms with Gasteiger partial charge < -0.3 is 0 Å². The molecule has 0 aliphatic heterocycles. The normalized spacial score (nSPS) is 11.4. The summed E-state index contributed by atoms with van der Waals surface area (Å²) >= 11 is 0. The Morgan fingerprint density at radius 2 is 0.814 bits per heavy atom. The number of nitrogens with zero attached hydrogens (tertiary/aromatic N) is 5. The third-order valence-electron chi connectivity index (χ3n) is 13.3. The summed E-state index contributed by atoms with van der Waals surface area (Å²) in [5.41, 5.74) is 18.0. The summed E-state index contributed by atoms with van der Waals surface area (Å²) in [5.74, 6) is 0.674. The maximum absolute atomic E-state index is 5.45. The van der Waals surface area contributed by atoms with E-state index in [2.05, 4.69) is 217 Å². The van der Waals surface area contributed by atoms with Crippen LogP contribution in [-0.2, 0) is 0 Å². The van der Waals surface area contributed by atoms with Crippen molar-refractivity contribution in [2.45, 2.75) is 0 Å². The zero-order valence-electron chi connectivity index (χ0n) is 37.9. The SMILES string of the molecule is c1ccc(-c2ccc3ccc4c(-c5cccc6ccccc56)cc(-c5ccc(-c6cccc(-c7cc(-c8cccc(-c9ccnc%10ccccc9%10)c8)nc(-c8ccccc8)n7)c6)cc5)nc4c3n2)cc1. The van der Waals surface area contributed by atoms with Gasteiger partial charge >= 0.3 is 0 Å². The number of aromatic nitrogens is 5. The summed E-state index contributed by atoms with van der Waals surface area (Å²) in [5, 5.41) is 5.63. The van der Waals surface area contributed by atoms with E-state index in [1.807, 2.05) is 36.5 Å². The van der Waals surface area contributed by atoms with E-state index in [-0.39, 0.29) is 0 Å². The molecule has 0 radical (unpaired) electrons. The van der Waals surface area contributed by atoms with Crippen LogP contribution in [0.4, 0.5) is 0 Å². The van der Waals surface area contributed by atoms with Crippen molar-refractivity contribution in [2.24, 2.45) is 0 Å². The van der Waals surface area contributed by atoms with Gasteiger partial charge in [-0.15, -0.1) is 0 Å². The molecule has 0 saturated heterocycles. The standard InChI is InChI=1S/C65H41N5/c1-3-15-44(16-4-1)58-35-33-46-32-34-56-57(54-26-13-19-43-14-7-8-24-52(43)54)40-60(68-64(56)63(46)67-58)45-30-28-42(29-31-45)48-20-11-22-50(38-48)61-41-62(70-65(69-61)47-17-5-2-6-18-47)51-23-12-21-49(39-51)53-36-37-66-59-27-10-9-25-55(53)59/h1-41H. The second-order valence-corrected chi connectivity index (χ2v) is 17.6. The van der Waals surface area contributed by atoms with Crippen LogP contribution in [0.15, 0.2) is 249 Å². The number of hydrogen-bond donors (Lipinski definition) is 0. The van der Waals surface area contributed by atoms with Gasteiger partial charge in [0.15, 0.2) is 5.82 Å². The van der Waals surface area contributed by atoms with Crippen molar-refractivity contribution in [3.63, 3.8) is 0 Å². The second-order valence-electron chi connectivity index (χ2n) is 17.6. The average molecular weight is 892 g/mol. The lowest BCUT2D eigenvalue weighted by molar-refractivity contribution is 1.18. The van der Waals surface area contributed by atoms with Crippen LogP contribution in [0.1, 0.15) is 0 Å². The summed E-state index contributed by atoms with van der Waals surface area (Å²) in [6.07, 6.45) is 1.88. The summed E-state index contributed by atoms with van der Waals surface area (Å²) in [4.78, 5) is 25.7. The number of benzene rings is 9. The van der Waals surface area contributed by atoms with Crippen LogP contribution in [0, 0.1) is 0 Å². The first-order chi connectivity index (χ1) is 34.7. The topological polar surface area (TPSA) is 64.5 Å².